The van der Waals surface area contributed by atoms with Crippen LogP contribution >= 0.6 is 0 Å². The van der Waals surface area contributed by atoms with Crippen molar-refractivity contribution < 1.29 is 19.1 Å². The standard InChI is InChI=1S/C22H22N2O4/c1-2-19(25)16-7-8-20-18(11-16)24(22(27)14-28-20)13-21(26)23-10-9-15-5-3-4-6-17(15)12-23/h3-8,11H,2,9-10,12-14H2,1H3. The maximum atomic E-state index is 12.9. The first-order valence-corrected chi connectivity index (χ1v) is 9.51. The number of hydrogen-bond acceptors (Lipinski definition) is 4. The lowest BCUT2D eigenvalue weighted by Crippen LogP contribution is -2.47. The number of Topliss-reactive ketones (excluding diaryl/α,β-unsaturated/α-hetero) is 1. The Kier molecular flexibility index (Phi) is 4.86. The van der Waals surface area contributed by atoms with Crippen LogP contribution in [0.25, 0.3) is 0 Å². The highest BCUT2D eigenvalue weighted by atomic mass is 16.5. The van der Waals surface area contributed by atoms with Gasteiger partial charge in [0.05, 0.1) is 5.69 Å². The molecule has 0 spiro atoms. The first kappa shape index (κ1) is 18.2. The molecule has 0 unspecified atom stereocenters. The SMILES string of the molecule is CCC(=O)c1ccc2c(c1)N(CC(=O)N1CCc3ccccc3C1)C(=O)CO2. The molecule has 2 aromatic rings. The molecule has 2 heterocycles. The molecular weight excluding hydrogens is 356 g/mol. The quantitative estimate of drug-likeness (QED) is 0.767. The number of hydrogen-bond donors (Lipinski definition) is 0. The fraction of sp³-hybridized carbons (Fsp3) is 0.318. The molecule has 6 heteroatoms. The van der Waals surface area contributed by atoms with E-state index in [-0.39, 0.29) is 30.7 Å². The molecule has 28 heavy (non-hydrogen) atoms. The van der Waals surface area contributed by atoms with Crippen LogP contribution in [0, 0.1) is 0 Å². The number of nitrogens with zero attached hydrogens (tertiary/aromatic N) is 2. The second-order valence-electron chi connectivity index (χ2n) is 7.06. The zero-order valence-corrected chi connectivity index (χ0v) is 15.8. The summed E-state index contributed by atoms with van der Waals surface area (Å²) in [5.41, 5.74) is 3.42. The minimum absolute atomic E-state index is 0.0141. The highest BCUT2D eigenvalue weighted by Gasteiger charge is 2.30. The van der Waals surface area contributed by atoms with Crippen LogP contribution < -0.4 is 9.64 Å². The summed E-state index contributed by atoms with van der Waals surface area (Å²) in [6, 6.07) is 13.1. The molecule has 0 radical (unpaired) electrons. The van der Waals surface area contributed by atoms with Gasteiger partial charge in [0.25, 0.3) is 5.91 Å². The fourth-order valence-electron chi connectivity index (χ4n) is 3.70. The molecule has 0 saturated carbocycles. The third-order valence-electron chi connectivity index (χ3n) is 5.32. The molecule has 2 aromatic carbocycles. The van der Waals surface area contributed by atoms with Crippen LogP contribution in [0.3, 0.4) is 0 Å². The van der Waals surface area contributed by atoms with Gasteiger partial charge in [-0.3, -0.25) is 19.3 Å². The van der Waals surface area contributed by atoms with E-state index in [0.717, 1.165) is 12.0 Å². The van der Waals surface area contributed by atoms with Crippen LogP contribution in [-0.4, -0.2) is 42.2 Å². The monoisotopic (exact) mass is 378 g/mol. The fourth-order valence-corrected chi connectivity index (χ4v) is 3.70. The molecule has 6 nitrogen and oxygen atoms in total. The Morgan fingerprint density at radius 1 is 1.11 bits per heavy atom. The van der Waals surface area contributed by atoms with E-state index >= 15 is 0 Å². The van der Waals surface area contributed by atoms with Gasteiger partial charge in [-0.25, -0.2) is 0 Å². The van der Waals surface area contributed by atoms with E-state index < -0.39 is 0 Å². The molecule has 0 bridgehead atoms. The average Bonchev–Trinajstić information content (AvgIpc) is 2.74. The lowest BCUT2D eigenvalue weighted by Gasteiger charge is -2.33. The molecule has 0 aliphatic carbocycles. The molecule has 2 aliphatic heterocycles. The van der Waals surface area contributed by atoms with E-state index in [1.807, 2.05) is 18.2 Å². The van der Waals surface area contributed by atoms with Gasteiger partial charge in [-0.1, -0.05) is 31.2 Å². The summed E-state index contributed by atoms with van der Waals surface area (Å²) >= 11 is 0. The smallest absolute Gasteiger partial charge is 0.265 e. The molecule has 144 valence electrons. The number of ether oxygens (including phenoxy) is 1. The predicted molar refractivity (Wildman–Crippen MR) is 104 cm³/mol. The van der Waals surface area contributed by atoms with Crippen molar-refractivity contribution in [1.29, 1.82) is 0 Å². The number of fused-ring (bicyclic) bond motifs is 2. The van der Waals surface area contributed by atoms with E-state index in [0.29, 0.717) is 36.5 Å². The molecule has 0 fully saturated rings. The summed E-state index contributed by atoms with van der Waals surface area (Å²) in [5, 5.41) is 0. The van der Waals surface area contributed by atoms with Crippen molar-refractivity contribution >= 4 is 23.3 Å². The Morgan fingerprint density at radius 3 is 2.68 bits per heavy atom. The summed E-state index contributed by atoms with van der Waals surface area (Å²) in [6.07, 6.45) is 1.18. The number of rotatable bonds is 4. The van der Waals surface area contributed by atoms with Crippen molar-refractivity contribution in [3.63, 3.8) is 0 Å². The molecule has 0 aromatic heterocycles. The highest BCUT2D eigenvalue weighted by Crippen LogP contribution is 2.33. The van der Waals surface area contributed by atoms with Crippen molar-refractivity contribution in [3.05, 3.63) is 59.2 Å². The third kappa shape index (κ3) is 3.38. The molecule has 0 atom stereocenters. The number of benzene rings is 2. The molecule has 2 aliphatic rings. The van der Waals surface area contributed by atoms with Crippen molar-refractivity contribution in [1.82, 2.24) is 4.90 Å². The summed E-state index contributed by atoms with van der Waals surface area (Å²) in [6.45, 7) is 2.81. The summed E-state index contributed by atoms with van der Waals surface area (Å²) in [4.78, 5) is 40.7. The second kappa shape index (κ2) is 7.46. The predicted octanol–water partition coefficient (Wildman–Crippen LogP) is 2.59. The number of anilines is 1. The lowest BCUT2D eigenvalue weighted by atomic mass is 10.00. The molecule has 0 saturated heterocycles. The Morgan fingerprint density at radius 2 is 1.89 bits per heavy atom. The van der Waals surface area contributed by atoms with Gasteiger partial charge in [-0.2, -0.15) is 0 Å². The Bertz CT molecular complexity index is 953. The van der Waals surface area contributed by atoms with E-state index in [1.165, 1.54) is 10.5 Å². The minimum Gasteiger partial charge on any atom is -0.482 e. The Labute approximate surface area is 163 Å². The van der Waals surface area contributed by atoms with Crippen molar-refractivity contribution in [3.8, 4) is 5.75 Å². The number of carbonyl (C=O) groups excluding carboxylic acids is 3. The minimum atomic E-state index is -0.278. The first-order valence-electron chi connectivity index (χ1n) is 9.51. The molecule has 0 N–H and O–H groups in total. The van der Waals surface area contributed by atoms with Crippen LogP contribution in [0.5, 0.6) is 5.75 Å². The summed E-state index contributed by atoms with van der Waals surface area (Å²) in [7, 11) is 0. The van der Waals surface area contributed by atoms with E-state index in [4.69, 9.17) is 4.74 Å². The molecule has 4 rings (SSSR count). The summed E-state index contributed by atoms with van der Waals surface area (Å²) < 4.78 is 5.48. The van der Waals surface area contributed by atoms with Crippen LogP contribution in [-0.2, 0) is 22.6 Å². The highest BCUT2D eigenvalue weighted by molar-refractivity contribution is 6.04. The largest absolute Gasteiger partial charge is 0.482 e. The topological polar surface area (TPSA) is 66.9 Å². The van der Waals surface area contributed by atoms with E-state index in [2.05, 4.69) is 6.07 Å². The van der Waals surface area contributed by atoms with Crippen molar-refractivity contribution in [2.45, 2.75) is 26.3 Å². The number of amides is 2. The zero-order chi connectivity index (χ0) is 19.7. The third-order valence-corrected chi connectivity index (χ3v) is 5.32. The van der Waals surface area contributed by atoms with Crippen LogP contribution in [0.4, 0.5) is 5.69 Å². The normalized spacial score (nSPS) is 15.5. The van der Waals surface area contributed by atoms with Crippen molar-refractivity contribution in [2.75, 3.05) is 24.6 Å². The van der Waals surface area contributed by atoms with Gasteiger partial charge in [-0.15, -0.1) is 0 Å². The first-order chi connectivity index (χ1) is 13.6. The second-order valence-corrected chi connectivity index (χ2v) is 7.06. The van der Waals surface area contributed by atoms with Gasteiger partial charge in [-0.05, 0) is 35.7 Å². The lowest BCUT2D eigenvalue weighted by molar-refractivity contribution is -0.132. The maximum Gasteiger partial charge on any atom is 0.265 e. The van der Waals surface area contributed by atoms with Gasteiger partial charge < -0.3 is 9.64 Å². The van der Waals surface area contributed by atoms with Gasteiger partial charge in [0.15, 0.2) is 12.4 Å². The van der Waals surface area contributed by atoms with Gasteiger partial charge >= 0.3 is 0 Å². The summed E-state index contributed by atoms with van der Waals surface area (Å²) in [5.74, 6) is 0.117. The Balaban J connectivity index is 1.56. The number of ketones is 1. The van der Waals surface area contributed by atoms with Gasteiger partial charge in [0.1, 0.15) is 12.3 Å². The van der Waals surface area contributed by atoms with Crippen LogP contribution in [0.15, 0.2) is 42.5 Å². The molecular formula is C22H22N2O4. The van der Waals surface area contributed by atoms with E-state index in [1.54, 1.807) is 30.0 Å². The average molecular weight is 378 g/mol. The van der Waals surface area contributed by atoms with Crippen LogP contribution in [0.1, 0.15) is 34.8 Å². The van der Waals surface area contributed by atoms with Crippen molar-refractivity contribution in [2.24, 2.45) is 0 Å². The van der Waals surface area contributed by atoms with E-state index in [9.17, 15) is 14.4 Å². The Hall–Kier alpha value is -3.15. The van der Waals surface area contributed by atoms with Gasteiger partial charge in [0.2, 0.25) is 5.91 Å². The zero-order valence-electron chi connectivity index (χ0n) is 15.8. The maximum absolute atomic E-state index is 12.9. The number of carbonyl (C=O) groups is 3. The van der Waals surface area contributed by atoms with Crippen LogP contribution in [0.2, 0.25) is 0 Å². The molecule has 2 amide bonds. The van der Waals surface area contributed by atoms with Gasteiger partial charge in [0, 0.05) is 25.1 Å².